The van der Waals surface area contributed by atoms with Crippen LogP contribution < -0.4 is 10.6 Å². The second-order valence-corrected chi connectivity index (χ2v) is 12.7. The van der Waals surface area contributed by atoms with E-state index in [2.05, 4.69) is 15.5 Å². The molecule has 0 unspecified atom stereocenters. The van der Waals surface area contributed by atoms with Gasteiger partial charge < -0.3 is 20.3 Å². The van der Waals surface area contributed by atoms with Crippen molar-refractivity contribution in [3.05, 3.63) is 63.7 Å². The number of imidazole rings is 1. The fraction of sp³-hybridized carbons (Fsp3) is 0.419. The van der Waals surface area contributed by atoms with Gasteiger partial charge in [0.15, 0.2) is 5.82 Å². The molecule has 2 bridgehead atoms. The molecule has 2 aromatic carbocycles. The highest BCUT2D eigenvalue weighted by Crippen LogP contribution is 2.63. The van der Waals surface area contributed by atoms with Crippen molar-refractivity contribution in [3.63, 3.8) is 0 Å². The first-order valence-corrected chi connectivity index (χ1v) is 15.0. The molecule has 3 aromatic rings. The van der Waals surface area contributed by atoms with Crippen molar-refractivity contribution in [2.75, 3.05) is 23.7 Å². The standard InChI is InChI=1S/C31H33Cl2N5O4/c1-37-24-8-14-38(15-13-30-9-11-31(17-30,12-10-30)29(41)42)16-23(24)35-27(37)28(40)36-22-7-3-5-20(26(22)33)19-4-2-6-21(25(19)32)34-18-39/h2-7,18H,8-17H2,1H3,(H,34,39)(H,36,40)(H,41,42). The predicted molar refractivity (Wildman–Crippen MR) is 162 cm³/mol. The number of carboxylic acids is 1. The van der Waals surface area contributed by atoms with Crippen LogP contribution in [0, 0.1) is 10.8 Å². The van der Waals surface area contributed by atoms with E-state index in [1.54, 1.807) is 36.4 Å². The number of carboxylic acid groups (broad SMARTS) is 1. The Kier molecular flexibility index (Phi) is 7.53. The van der Waals surface area contributed by atoms with Crippen molar-refractivity contribution in [1.29, 1.82) is 0 Å². The number of nitrogens with one attached hydrogen (secondary N) is 2. The van der Waals surface area contributed by atoms with Gasteiger partial charge in [-0.25, -0.2) is 4.98 Å². The van der Waals surface area contributed by atoms with E-state index in [1.165, 1.54) is 0 Å². The van der Waals surface area contributed by atoms with Crippen LogP contribution in [0.25, 0.3) is 11.1 Å². The quantitative estimate of drug-likeness (QED) is 0.256. The summed E-state index contributed by atoms with van der Waals surface area (Å²) in [5.41, 5.74) is 3.73. The minimum atomic E-state index is -0.623. The Hall–Kier alpha value is -3.40. The third-order valence-corrected chi connectivity index (χ3v) is 10.5. The maximum Gasteiger partial charge on any atom is 0.309 e. The lowest BCUT2D eigenvalue weighted by Gasteiger charge is -2.32. The summed E-state index contributed by atoms with van der Waals surface area (Å²) in [4.78, 5) is 43.3. The second kappa shape index (κ2) is 11.0. The Morgan fingerprint density at radius 3 is 2.36 bits per heavy atom. The molecule has 9 nitrogen and oxygen atoms in total. The number of benzene rings is 2. The highest BCUT2D eigenvalue weighted by atomic mass is 35.5. The number of carbonyl (C=O) groups is 3. The van der Waals surface area contributed by atoms with Crippen molar-refractivity contribution in [2.45, 2.75) is 51.5 Å². The lowest BCUT2D eigenvalue weighted by atomic mass is 9.80. The first-order valence-electron chi connectivity index (χ1n) is 14.2. The Balaban J connectivity index is 1.15. The lowest BCUT2D eigenvalue weighted by molar-refractivity contribution is -0.148. The van der Waals surface area contributed by atoms with Gasteiger partial charge in [-0.15, -0.1) is 0 Å². The smallest absolute Gasteiger partial charge is 0.309 e. The van der Waals surface area contributed by atoms with Gasteiger partial charge in [0.2, 0.25) is 6.41 Å². The molecule has 0 spiro atoms. The third kappa shape index (κ3) is 4.97. The molecular weight excluding hydrogens is 577 g/mol. The Labute approximate surface area is 254 Å². The van der Waals surface area contributed by atoms with Crippen LogP contribution in [0.15, 0.2) is 36.4 Å². The van der Waals surface area contributed by atoms with E-state index in [-0.39, 0.29) is 11.3 Å². The van der Waals surface area contributed by atoms with E-state index in [0.717, 1.165) is 69.4 Å². The summed E-state index contributed by atoms with van der Waals surface area (Å²) in [6, 6.07) is 10.6. The molecule has 42 heavy (non-hydrogen) atoms. The molecule has 2 heterocycles. The summed E-state index contributed by atoms with van der Waals surface area (Å²) < 4.78 is 1.86. The van der Waals surface area contributed by atoms with Gasteiger partial charge in [0.1, 0.15) is 0 Å². The van der Waals surface area contributed by atoms with E-state index < -0.39 is 11.4 Å². The maximum atomic E-state index is 13.4. The number of halogens is 2. The first-order chi connectivity index (χ1) is 20.2. The SMILES string of the molecule is Cn1c(C(=O)Nc2cccc(-c3cccc(NC=O)c3Cl)c2Cl)nc2c1CCN(CCC13CCC(C(=O)O)(CC1)C3)C2. The van der Waals surface area contributed by atoms with Gasteiger partial charge in [0, 0.05) is 43.4 Å². The van der Waals surface area contributed by atoms with E-state index in [1.807, 2.05) is 11.6 Å². The van der Waals surface area contributed by atoms with Crippen LogP contribution in [-0.4, -0.2) is 50.9 Å². The molecular formula is C31H33Cl2N5O4. The number of aromatic nitrogens is 2. The number of aliphatic carboxylic acids is 1. The number of anilines is 2. The van der Waals surface area contributed by atoms with Gasteiger partial charge in [-0.1, -0.05) is 47.5 Å². The average molecular weight is 611 g/mol. The fourth-order valence-corrected chi connectivity index (χ4v) is 7.82. The maximum absolute atomic E-state index is 13.4. The first kappa shape index (κ1) is 28.7. The van der Waals surface area contributed by atoms with Crippen LogP contribution in [0.1, 0.15) is 60.5 Å². The predicted octanol–water partition coefficient (Wildman–Crippen LogP) is 6.00. The average Bonchev–Trinajstić information content (AvgIpc) is 3.66. The number of hydrogen-bond donors (Lipinski definition) is 3. The van der Waals surface area contributed by atoms with Gasteiger partial charge in [0.05, 0.1) is 32.5 Å². The van der Waals surface area contributed by atoms with Crippen molar-refractivity contribution >= 4 is 52.9 Å². The molecule has 220 valence electrons. The van der Waals surface area contributed by atoms with Crippen molar-refractivity contribution < 1.29 is 19.5 Å². The second-order valence-electron chi connectivity index (χ2n) is 12.0. The van der Waals surface area contributed by atoms with E-state index in [9.17, 15) is 19.5 Å². The topological polar surface area (TPSA) is 117 Å². The van der Waals surface area contributed by atoms with Crippen LogP contribution >= 0.6 is 23.2 Å². The number of amides is 2. The van der Waals surface area contributed by atoms with Crippen molar-refractivity contribution in [3.8, 4) is 11.1 Å². The minimum Gasteiger partial charge on any atom is -0.481 e. The summed E-state index contributed by atoms with van der Waals surface area (Å²) in [6.07, 6.45) is 6.77. The monoisotopic (exact) mass is 609 g/mol. The molecule has 2 aliphatic carbocycles. The van der Waals surface area contributed by atoms with Crippen LogP contribution in [0.2, 0.25) is 10.0 Å². The molecule has 2 saturated carbocycles. The summed E-state index contributed by atoms with van der Waals surface area (Å²) in [7, 11) is 1.86. The highest BCUT2D eigenvalue weighted by molar-refractivity contribution is 6.39. The molecule has 0 radical (unpaired) electrons. The van der Waals surface area contributed by atoms with Gasteiger partial charge in [-0.2, -0.15) is 0 Å². The molecule has 0 saturated heterocycles. The summed E-state index contributed by atoms with van der Waals surface area (Å²) in [5.74, 6) is -0.669. The molecule has 1 aromatic heterocycles. The minimum absolute atomic E-state index is 0.151. The number of carbonyl (C=O) groups excluding carboxylic acids is 2. The van der Waals surface area contributed by atoms with Gasteiger partial charge in [-0.05, 0) is 62.6 Å². The number of hydrogen-bond acceptors (Lipinski definition) is 5. The number of nitrogens with zero attached hydrogens (tertiary/aromatic N) is 3. The molecule has 3 N–H and O–H groups in total. The Morgan fingerprint density at radius 2 is 1.71 bits per heavy atom. The van der Waals surface area contributed by atoms with Crippen LogP contribution in [-0.2, 0) is 29.6 Å². The Morgan fingerprint density at radius 1 is 1.05 bits per heavy atom. The van der Waals surface area contributed by atoms with Crippen LogP contribution in [0.4, 0.5) is 11.4 Å². The summed E-state index contributed by atoms with van der Waals surface area (Å²) in [6.45, 7) is 2.44. The largest absolute Gasteiger partial charge is 0.481 e. The fourth-order valence-electron chi connectivity index (χ4n) is 7.26. The highest BCUT2D eigenvalue weighted by Gasteiger charge is 2.57. The van der Waals surface area contributed by atoms with Crippen molar-refractivity contribution in [2.24, 2.45) is 17.9 Å². The summed E-state index contributed by atoms with van der Waals surface area (Å²) in [5, 5.41) is 15.9. The van der Waals surface area contributed by atoms with E-state index >= 15 is 0 Å². The van der Waals surface area contributed by atoms with Gasteiger partial charge >= 0.3 is 5.97 Å². The van der Waals surface area contributed by atoms with Gasteiger partial charge in [-0.3, -0.25) is 19.3 Å². The zero-order valence-electron chi connectivity index (χ0n) is 23.4. The normalized spacial score (nSPS) is 23.0. The van der Waals surface area contributed by atoms with Crippen molar-refractivity contribution in [1.82, 2.24) is 14.5 Å². The molecule has 3 aliphatic rings. The zero-order valence-corrected chi connectivity index (χ0v) is 24.9. The zero-order chi connectivity index (χ0) is 29.6. The lowest BCUT2D eigenvalue weighted by Crippen LogP contribution is -2.34. The van der Waals surface area contributed by atoms with Gasteiger partial charge in [0.25, 0.3) is 5.91 Å². The molecule has 2 fully saturated rings. The molecule has 1 aliphatic heterocycles. The van der Waals surface area contributed by atoms with E-state index in [0.29, 0.717) is 51.3 Å². The molecule has 0 atom stereocenters. The van der Waals surface area contributed by atoms with Crippen LogP contribution in [0.5, 0.6) is 0 Å². The number of rotatable bonds is 9. The summed E-state index contributed by atoms with van der Waals surface area (Å²) >= 11 is 13.3. The Bertz CT molecular complexity index is 1580. The van der Waals surface area contributed by atoms with Crippen LogP contribution in [0.3, 0.4) is 0 Å². The third-order valence-electron chi connectivity index (χ3n) is 9.68. The molecule has 11 heteroatoms. The molecule has 2 amide bonds. The molecule has 6 rings (SSSR count). The van der Waals surface area contributed by atoms with E-state index in [4.69, 9.17) is 28.2 Å². The number of fused-ring (bicyclic) bond motifs is 3.